The Balaban J connectivity index is 1.42. The van der Waals surface area contributed by atoms with Gasteiger partial charge in [-0.2, -0.15) is 0 Å². The average molecular weight is 557 g/mol. The number of hydrogen-bond donors (Lipinski definition) is 2. The molecule has 0 bridgehead atoms. The van der Waals surface area contributed by atoms with Gasteiger partial charge >= 0.3 is 5.97 Å². The van der Waals surface area contributed by atoms with Crippen LogP contribution in [0.5, 0.6) is 0 Å². The van der Waals surface area contributed by atoms with Crippen LogP contribution in [-0.4, -0.2) is 24.4 Å². The number of carbonyl (C=O) groups is 3. The number of rotatable bonds is 11. The van der Waals surface area contributed by atoms with Crippen LogP contribution in [0, 0.1) is 5.82 Å². The summed E-state index contributed by atoms with van der Waals surface area (Å²) in [5, 5.41) is 5.18. The molecule has 0 aliphatic rings. The van der Waals surface area contributed by atoms with Crippen molar-refractivity contribution in [1.82, 2.24) is 0 Å². The summed E-state index contributed by atoms with van der Waals surface area (Å²) in [5.41, 5.74) is 2.75. The fourth-order valence-corrected chi connectivity index (χ4v) is 4.77. The summed E-state index contributed by atoms with van der Waals surface area (Å²) in [4.78, 5) is 38.8. The summed E-state index contributed by atoms with van der Waals surface area (Å²) in [6, 6.07) is 28.5. The van der Waals surface area contributed by atoms with Crippen LogP contribution in [0.25, 0.3) is 0 Å². The number of unbranched alkanes of at least 4 members (excludes halogenated alkanes) is 1. The Morgan fingerprint density at radius 3 is 2.02 bits per heavy atom. The lowest BCUT2D eigenvalue weighted by molar-refractivity contribution is -0.115. The van der Waals surface area contributed by atoms with Gasteiger partial charge in [-0.3, -0.25) is 9.59 Å². The molecule has 4 rings (SSSR count). The molecule has 2 N–H and O–H groups in total. The van der Waals surface area contributed by atoms with Crippen molar-refractivity contribution >= 4 is 40.9 Å². The molecule has 1 unspecified atom stereocenters. The molecule has 4 aromatic carbocycles. The topological polar surface area (TPSA) is 84.5 Å². The Morgan fingerprint density at radius 2 is 1.38 bits per heavy atom. The third-order valence-corrected chi connectivity index (χ3v) is 7.20. The average Bonchev–Trinajstić information content (AvgIpc) is 2.98. The molecule has 0 heterocycles. The molecule has 1 atom stereocenters. The summed E-state index contributed by atoms with van der Waals surface area (Å²) < 4.78 is 18.4. The largest absolute Gasteiger partial charge is 0.462 e. The van der Waals surface area contributed by atoms with Crippen LogP contribution in [0.3, 0.4) is 0 Å². The maximum atomic E-state index is 13.4. The lowest BCUT2D eigenvalue weighted by Crippen LogP contribution is -2.19. The quantitative estimate of drug-likeness (QED) is 0.113. The van der Waals surface area contributed by atoms with E-state index in [1.54, 1.807) is 36.4 Å². The Morgan fingerprint density at radius 1 is 0.775 bits per heavy atom. The van der Waals surface area contributed by atoms with Gasteiger partial charge in [0, 0.05) is 21.8 Å². The molecule has 0 saturated heterocycles. The van der Waals surface area contributed by atoms with Crippen molar-refractivity contribution in [3.8, 4) is 0 Å². The third kappa shape index (κ3) is 8.04. The summed E-state index contributed by atoms with van der Waals surface area (Å²) in [6.07, 6.45) is 1.75. The lowest BCUT2D eigenvalue weighted by Gasteiger charge is -2.17. The maximum Gasteiger partial charge on any atom is 0.338 e. The number of carbonyl (C=O) groups excluding carboxylic acids is 3. The van der Waals surface area contributed by atoms with Gasteiger partial charge in [0.05, 0.1) is 12.2 Å². The zero-order valence-corrected chi connectivity index (χ0v) is 22.7. The first-order valence-corrected chi connectivity index (χ1v) is 13.8. The molecule has 0 spiro atoms. The highest BCUT2D eigenvalue weighted by Gasteiger charge is 2.22. The summed E-state index contributed by atoms with van der Waals surface area (Å²) in [5.74, 6) is -1.36. The van der Waals surface area contributed by atoms with Gasteiger partial charge in [-0.25, -0.2) is 9.18 Å². The number of anilines is 2. The molecule has 0 radical (unpaired) electrons. The Kier molecular flexibility index (Phi) is 10.1. The predicted molar refractivity (Wildman–Crippen MR) is 156 cm³/mol. The molecule has 0 fully saturated rings. The number of benzene rings is 4. The van der Waals surface area contributed by atoms with Crippen molar-refractivity contribution in [2.75, 3.05) is 17.2 Å². The number of thioether (sulfide) groups is 1. The van der Waals surface area contributed by atoms with Gasteiger partial charge in [0.2, 0.25) is 5.91 Å². The van der Waals surface area contributed by atoms with E-state index in [1.807, 2.05) is 49.4 Å². The molecular weight excluding hydrogens is 527 g/mol. The fraction of sp³-hybridized carbons (Fsp3) is 0.156. The highest BCUT2D eigenvalue weighted by molar-refractivity contribution is 8.00. The van der Waals surface area contributed by atoms with Crippen molar-refractivity contribution in [2.24, 2.45) is 0 Å². The minimum absolute atomic E-state index is 0.219. The Labute approximate surface area is 237 Å². The first kappa shape index (κ1) is 28.6. The van der Waals surface area contributed by atoms with E-state index >= 15 is 0 Å². The fourth-order valence-electron chi connectivity index (χ4n) is 3.75. The lowest BCUT2D eigenvalue weighted by atomic mass is 10.1. The van der Waals surface area contributed by atoms with Gasteiger partial charge in [0.15, 0.2) is 0 Å². The van der Waals surface area contributed by atoms with Gasteiger partial charge in [-0.05, 0) is 84.8 Å². The van der Waals surface area contributed by atoms with E-state index in [2.05, 4.69) is 10.6 Å². The van der Waals surface area contributed by atoms with Crippen LogP contribution in [0.2, 0.25) is 0 Å². The minimum Gasteiger partial charge on any atom is -0.462 e. The van der Waals surface area contributed by atoms with E-state index in [9.17, 15) is 18.8 Å². The molecule has 2 amide bonds. The van der Waals surface area contributed by atoms with Crippen molar-refractivity contribution in [2.45, 2.75) is 29.9 Å². The molecule has 4 aromatic rings. The number of esters is 1. The van der Waals surface area contributed by atoms with Gasteiger partial charge in [0.25, 0.3) is 5.91 Å². The van der Waals surface area contributed by atoms with Crippen LogP contribution >= 0.6 is 11.8 Å². The number of hydrogen-bond acceptors (Lipinski definition) is 5. The van der Waals surface area contributed by atoms with E-state index in [0.29, 0.717) is 29.1 Å². The maximum absolute atomic E-state index is 13.4. The van der Waals surface area contributed by atoms with Gasteiger partial charge < -0.3 is 15.4 Å². The van der Waals surface area contributed by atoms with Crippen LogP contribution in [0.15, 0.2) is 108 Å². The summed E-state index contributed by atoms with van der Waals surface area (Å²) in [7, 11) is 0. The molecule has 0 aliphatic carbocycles. The van der Waals surface area contributed by atoms with Crippen molar-refractivity contribution in [3.63, 3.8) is 0 Å². The number of ether oxygens (including phenoxy) is 1. The summed E-state index contributed by atoms with van der Waals surface area (Å²) >= 11 is 1.37. The molecule has 6 nitrogen and oxygen atoms in total. The molecule has 40 heavy (non-hydrogen) atoms. The SMILES string of the molecule is CCCCOC(=O)c1ccc(NC(=O)C(Sc2ccc(NC(=O)c3ccc(F)cc3)cc2)c2ccccc2)cc1. The number of nitrogens with one attached hydrogen (secondary N) is 2. The van der Waals surface area contributed by atoms with Crippen LogP contribution in [0.1, 0.15) is 51.3 Å². The van der Waals surface area contributed by atoms with E-state index in [-0.39, 0.29) is 17.8 Å². The second kappa shape index (κ2) is 14.1. The van der Waals surface area contributed by atoms with Gasteiger partial charge in [-0.1, -0.05) is 43.7 Å². The predicted octanol–water partition coefficient (Wildman–Crippen LogP) is 7.51. The van der Waals surface area contributed by atoms with E-state index in [1.165, 1.54) is 36.0 Å². The molecular formula is C32H29FN2O4S. The first-order valence-electron chi connectivity index (χ1n) is 12.9. The Bertz CT molecular complexity index is 1430. The van der Waals surface area contributed by atoms with Crippen molar-refractivity contribution in [1.29, 1.82) is 0 Å². The second-order valence-electron chi connectivity index (χ2n) is 8.95. The smallest absolute Gasteiger partial charge is 0.338 e. The third-order valence-electron chi connectivity index (χ3n) is 5.93. The monoisotopic (exact) mass is 556 g/mol. The van der Waals surface area contributed by atoms with E-state index in [4.69, 9.17) is 4.74 Å². The van der Waals surface area contributed by atoms with Crippen LogP contribution < -0.4 is 10.6 Å². The zero-order chi connectivity index (χ0) is 28.3. The van der Waals surface area contributed by atoms with Crippen LogP contribution in [0.4, 0.5) is 15.8 Å². The molecule has 0 aromatic heterocycles. The van der Waals surface area contributed by atoms with Gasteiger partial charge in [0.1, 0.15) is 11.1 Å². The standard InChI is InChI=1S/C32H29FN2O4S/c1-2-3-21-39-32(38)24-11-15-26(16-12-24)35-31(37)29(22-7-5-4-6-8-22)40-28-19-17-27(18-20-28)34-30(36)23-9-13-25(33)14-10-23/h4-20,29H,2-3,21H2,1H3,(H,34,36)(H,35,37). The highest BCUT2D eigenvalue weighted by atomic mass is 32.2. The zero-order valence-electron chi connectivity index (χ0n) is 21.9. The van der Waals surface area contributed by atoms with Crippen molar-refractivity contribution < 1.29 is 23.5 Å². The van der Waals surface area contributed by atoms with Crippen molar-refractivity contribution in [3.05, 3.63) is 126 Å². The molecule has 204 valence electrons. The molecule has 0 saturated carbocycles. The number of amides is 2. The molecule has 0 aliphatic heterocycles. The summed E-state index contributed by atoms with van der Waals surface area (Å²) in [6.45, 7) is 2.41. The minimum atomic E-state index is -0.556. The first-order chi connectivity index (χ1) is 19.4. The van der Waals surface area contributed by atoms with E-state index in [0.717, 1.165) is 23.3 Å². The second-order valence-corrected chi connectivity index (χ2v) is 10.1. The Hall–Kier alpha value is -4.43. The normalized spacial score (nSPS) is 11.3. The number of halogens is 1. The van der Waals surface area contributed by atoms with Gasteiger partial charge in [-0.15, -0.1) is 11.8 Å². The molecule has 8 heteroatoms. The van der Waals surface area contributed by atoms with Crippen LogP contribution in [-0.2, 0) is 9.53 Å². The van der Waals surface area contributed by atoms with E-state index < -0.39 is 11.1 Å². The highest BCUT2D eigenvalue weighted by Crippen LogP contribution is 2.36.